The van der Waals surface area contributed by atoms with Crippen molar-refractivity contribution in [2.45, 2.75) is 45.6 Å². The zero-order valence-corrected chi connectivity index (χ0v) is 21.8. The molecule has 1 aliphatic rings. The van der Waals surface area contributed by atoms with Crippen LogP contribution >= 0.6 is 12.4 Å². The third-order valence-electron chi connectivity index (χ3n) is 7.09. The molecule has 5 nitrogen and oxygen atoms in total. The second-order valence-corrected chi connectivity index (χ2v) is 9.46. The molecule has 8 heteroatoms. The fourth-order valence-electron chi connectivity index (χ4n) is 5.00. The van der Waals surface area contributed by atoms with Crippen LogP contribution in [0.5, 0.6) is 0 Å². The van der Waals surface area contributed by atoms with Crippen LogP contribution in [0.1, 0.15) is 58.6 Å². The number of nitrogens with zero attached hydrogens (tertiary/aromatic N) is 3. The fourth-order valence-corrected chi connectivity index (χ4v) is 5.00. The summed E-state index contributed by atoms with van der Waals surface area (Å²) in [6.45, 7) is 5.92. The van der Waals surface area contributed by atoms with E-state index in [1.165, 1.54) is 29.6 Å². The van der Waals surface area contributed by atoms with Crippen molar-refractivity contribution in [3.05, 3.63) is 101 Å². The lowest BCUT2D eigenvalue weighted by Crippen LogP contribution is -2.32. The van der Waals surface area contributed by atoms with Gasteiger partial charge in [-0.3, -0.25) is 9.20 Å². The maximum atomic E-state index is 15.0. The summed E-state index contributed by atoms with van der Waals surface area (Å²) in [6.07, 6.45) is 3.96. The molecular formula is C29H31ClF2N4O. The van der Waals surface area contributed by atoms with Gasteiger partial charge in [0, 0.05) is 43.1 Å². The van der Waals surface area contributed by atoms with Crippen molar-refractivity contribution >= 4 is 29.6 Å². The molecule has 1 fully saturated rings. The van der Waals surface area contributed by atoms with E-state index in [-0.39, 0.29) is 30.7 Å². The zero-order valence-electron chi connectivity index (χ0n) is 21.0. The predicted molar refractivity (Wildman–Crippen MR) is 145 cm³/mol. The highest BCUT2D eigenvalue weighted by atomic mass is 35.5. The molecule has 0 atom stereocenters. The first kappa shape index (κ1) is 26.6. The van der Waals surface area contributed by atoms with Crippen LogP contribution in [-0.4, -0.2) is 28.4 Å². The smallest absolute Gasteiger partial charge is 0.270 e. The number of aryl methyl sites for hydroxylation is 2. The number of aromatic nitrogens is 2. The number of nitrogens with one attached hydrogen (secondary N) is 1. The largest absolute Gasteiger partial charge is 0.371 e. The number of benzene rings is 2. The molecule has 0 saturated carbocycles. The van der Waals surface area contributed by atoms with Gasteiger partial charge < -0.3 is 10.2 Å². The lowest BCUT2D eigenvalue weighted by molar-refractivity contribution is 0.0943. The molecule has 37 heavy (non-hydrogen) atoms. The Kier molecular flexibility index (Phi) is 8.13. The van der Waals surface area contributed by atoms with Crippen molar-refractivity contribution in [1.82, 2.24) is 14.7 Å². The van der Waals surface area contributed by atoms with Crippen LogP contribution in [0.15, 0.2) is 60.8 Å². The number of imidazole rings is 1. The molecule has 1 amide bonds. The second-order valence-electron chi connectivity index (χ2n) is 9.46. The molecule has 1 N–H and O–H groups in total. The van der Waals surface area contributed by atoms with Crippen molar-refractivity contribution < 1.29 is 13.6 Å². The van der Waals surface area contributed by atoms with E-state index in [1.807, 2.05) is 13.0 Å². The SMILES string of the molecule is CCc1nc2cc(F)ccn2c1C(=O)NCc1ccc(C2CCN(c3ccc(C)cc3)CC2)cc1F.Cl. The van der Waals surface area contributed by atoms with Gasteiger partial charge in [0.2, 0.25) is 0 Å². The summed E-state index contributed by atoms with van der Waals surface area (Å²) in [7, 11) is 0. The van der Waals surface area contributed by atoms with Crippen molar-refractivity contribution in [3.63, 3.8) is 0 Å². The summed E-state index contributed by atoms with van der Waals surface area (Å²) in [4.78, 5) is 19.7. The topological polar surface area (TPSA) is 49.6 Å². The summed E-state index contributed by atoms with van der Waals surface area (Å²) in [5.41, 5.74) is 5.22. The monoisotopic (exact) mass is 524 g/mol. The summed E-state index contributed by atoms with van der Waals surface area (Å²) < 4.78 is 30.1. The van der Waals surface area contributed by atoms with Crippen molar-refractivity contribution in [2.75, 3.05) is 18.0 Å². The molecule has 0 radical (unpaired) electrons. The third-order valence-corrected chi connectivity index (χ3v) is 7.09. The van der Waals surface area contributed by atoms with Crippen LogP contribution in [-0.2, 0) is 13.0 Å². The van der Waals surface area contributed by atoms with Crippen LogP contribution in [0, 0.1) is 18.6 Å². The molecule has 1 aliphatic heterocycles. The second kappa shape index (κ2) is 11.3. The number of carbonyl (C=O) groups is 1. The molecule has 0 aliphatic carbocycles. The molecule has 0 spiro atoms. The van der Waals surface area contributed by atoms with Gasteiger partial charge in [0.25, 0.3) is 5.91 Å². The van der Waals surface area contributed by atoms with Crippen molar-refractivity contribution in [3.8, 4) is 0 Å². The lowest BCUT2D eigenvalue weighted by Gasteiger charge is -2.34. The summed E-state index contributed by atoms with van der Waals surface area (Å²) in [5, 5.41) is 2.81. The standard InChI is InChI=1S/C29H30F2N4O.ClH/c1-3-26-28(35-15-12-23(30)17-27(35)33-26)29(36)32-18-22-7-6-21(16-25(22)31)20-10-13-34(14-11-20)24-8-4-19(2)5-9-24;/h4-9,12,15-17,20H,3,10-11,13-14,18H2,1-2H3,(H,32,36);1H. The number of pyridine rings is 1. The number of fused-ring (bicyclic) bond motifs is 1. The van der Waals surface area contributed by atoms with Gasteiger partial charge >= 0.3 is 0 Å². The van der Waals surface area contributed by atoms with Gasteiger partial charge in [-0.1, -0.05) is 36.8 Å². The Morgan fingerprint density at radius 2 is 1.78 bits per heavy atom. The first-order chi connectivity index (χ1) is 17.4. The highest BCUT2D eigenvalue weighted by Gasteiger charge is 2.22. The van der Waals surface area contributed by atoms with E-state index in [9.17, 15) is 13.6 Å². The van der Waals surface area contributed by atoms with E-state index in [0.29, 0.717) is 34.9 Å². The number of rotatable bonds is 6. The minimum Gasteiger partial charge on any atom is -0.371 e. The maximum absolute atomic E-state index is 15.0. The number of anilines is 1. The molecule has 194 valence electrons. The Bertz CT molecular complexity index is 1400. The Morgan fingerprint density at radius 1 is 1.05 bits per heavy atom. The number of halogens is 3. The van der Waals surface area contributed by atoms with Gasteiger partial charge in [-0.15, -0.1) is 12.4 Å². The van der Waals surface area contributed by atoms with E-state index < -0.39 is 5.82 Å². The maximum Gasteiger partial charge on any atom is 0.270 e. The Hall–Kier alpha value is -3.45. The number of piperidine rings is 1. The average Bonchev–Trinajstić information content (AvgIpc) is 3.26. The highest BCUT2D eigenvalue weighted by molar-refractivity contribution is 5.94. The quantitative estimate of drug-likeness (QED) is 0.326. The van der Waals surface area contributed by atoms with Crippen LogP contribution < -0.4 is 10.2 Å². The number of carbonyl (C=O) groups excluding carboxylic acids is 1. The molecule has 0 unspecified atom stereocenters. The normalized spacial score (nSPS) is 14.0. The molecule has 2 aromatic carbocycles. The minimum absolute atomic E-state index is 0. The molecule has 2 aromatic heterocycles. The van der Waals surface area contributed by atoms with Gasteiger partial charge in [-0.05, 0) is 61.9 Å². The number of hydrogen-bond donors (Lipinski definition) is 1. The first-order valence-electron chi connectivity index (χ1n) is 12.5. The van der Waals surface area contributed by atoms with E-state index in [1.54, 1.807) is 16.5 Å². The van der Waals surface area contributed by atoms with Crippen LogP contribution in [0.4, 0.5) is 14.5 Å². The molecule has 4 aromatic rings. The van der Waals surface area contributed by atoms with E-state index in [0.717, 1.165) is 31.5 Å². The van der Waals surface area contributed by atoms with Gasteiger partial charge in [-0.25, -0.2) is 13.8 Å². The van der Waals surface area contributed by atoms with Gasteiger partial charge in [0.05, 0.1) is 5.69 Å². The zero-order chi connectivity index (χ0) is 25.2. The number of amides is 1. The van der Waals surface area contributed by atoms with Crippen LogP contribution in [0.2, 0.25) is 0 Å². The Morgan fingerprint density at radius 3 is 2.46 bits per heavy atom. The van der Waals surface area contributed by atoms with Gasteiger partial charge in [0.15, 0.2) is 0 Å². The molecule has 3 heterocycles. The fraction of sp³-hybridized carbons (Fsp3) is 0.310. The van der Waals surface area contributed by atoms with E-state index in [2.05, 4.69) is 46.4 Å². The average molecular weight is 525 g/mol. The van der Waals surface area contributed by atoms with Gasteiger partial charge in [0.1, 0.15) is 23.0 Å². The summed E-state index contributed by atoms with van der Waals surface area (Å²) in [5.74, 6) is -0.775. The lowest BCUT2D eigenvalue weighted by atomic mass is 9.88. The third kappa shape index (κ3) is 5.62. The predicted octanol–water partition coefficient (Wildman–Crippen LogP) is 6.22. The Balaban J connectivity index is 0.00000320. The summed E-state index contributed by atoms with van der Waals surface area (Å²) >= 11 is 0. The van der Waals surface area contributed by atoms with Crippen LogP contribution in [0.3, 0.4) is 0 Å². The van der Waals surface area contributed by atoms with Crippen molar-refractivity contribution in [1.29, 1.82) is 0 Å². The number of hydrogen-bond acceptors (Lipinski definition) is 3. The molecule has 1 saturated heterocycles. The van der Waals surface area contributed by atoms with E-state index in [4.69, 9.17) is 0 Å². The van der Waals surface area contributed by atoms with E-state index >= 15 is 0 Å². The molecular weight excluding hydrogens is 494 g/mol. The molecule has 5 rings (SSSR count). The first-order valence-corrected chi connectivity index (χ1v) is 12.5. The summed E-state index contributed by atoms with van der Waals surface area (Å²) in [6, 6.07) is 16.5. The van der Waals surface area contributed by atoms with Crippen LogP contribution in [0.25, 0.3) is 5.65 Å². The van der Waals surface area contributed by atoms with Gasteiger partial charge in [-0.2, -0.15) is 0 Å². The highest BCUT2D eigenvalue weighted by Crippen LogP contribution is 2.31. The van der Waals surface area contributed by atoms with Crippen molar-refractivity contribution in [2.24, 2.45) is 0 Å². The molecule has 0 bridgehead atoms. The Labute approximate surface area is 221 Å². The minimum atomic E-state index is -0.412.